The fraction of sp³-hybridized carbons (Fsp3) is 0.577. The van der Waals surface area contributed by atoms with Crippen LogP contribution >= 0.6 is 0 Å². The second-order valence-corrected chi connectivity index (χ2v) is 9.70. The Morgan fingerprint density at radius 1 is 1.15 bits per heavy atom. The molecule has 0 N–H and O–H groups in total. The number of nitrogens with zero attached hydrogens (tertiary/aromatic N) is 4. The first-order valence-electron chi connectivity index (χ1n) is 12.2. The van der Waals surface area contributed by atoms with Crippen molar-refractivity contribution in [3.05, 3.63) is 47.3 Å². The van der Waals surface area contributed by atoms with Crippen molar-refractivity contribution in [1.82, 2.24) is 14.9 Å². The fourth-order valence-corrected chi connectivity index (χ4v) is 4.87. The Labute approximate surface area is 200 Å². The van der Waals surface area contributed by atoms with Crippen LogP contribution in [-0.2, 0) is 17.6 Å². The molecule has 34 heavy (non-hydrogen) atoms. The minimum absolute atomic E-state index is 0.177. The number of carbonyl (C=O) groups is 1. The number of benzene rings is 1. The molecule has 0 spiro atoms. The fourth-order valence-electron chi connectivity index (χ4n) is 4.87. The Bertz CT molecular complexity index is 968. The number of ether oxygens (including phenoxy) is 1. The molecule has 1 aromatic carbocycles. The molecule has 2 atom stereocenters. The standard InChI is InChI=1S/C26H34F2N4O2/c1-4-17-15-29-26(30-16-17)32-8-5-18(6-9-32)21-11-19(21)7-10-34-20-12-23(27)22(24(28)13-20)14-25(33)31(2)3/h12-13,15-16,18-19,21H,4-11,14H2,1-3H3/t19-,21+/m1/s1. The third-order valence-corrected chi connectivity index (χ3v) is 7.20. The van der Waals surface area contributed by atoms with Crippen molar-refractivity contribution in [3.8, 4) is 5.75 Å². The Balaban J connectivity index is 1.20. The van der Waals surface area contributed by atoms with Gasteiger partial charge in [0.1, 0.15) is 17.4 Å². The Morgan fingerprint density at radius 3 is 2.38 bits per heavy atom. The maximum atomic E-state index is 14.3. The SMILES string of the molecule is CCc1cnc(N2CCC([C@@H]3C[C@H]3CCOc3cc(F)c(CC(=O)N(C)C)c(F)c3)CC2)nc1. The summed E-state index contributed by atoms with van der Waals surface area (Å²) < 4.78 is 34.3. The predicted molar refractivity (Wildman–Crippen MR) is 127 cm³/mol. The van der Waals surface area contributed by atoms with E-state index < -0.39 is 11.6 Å². The van der Waals surface area contributed by atoms with Crippen LogP contribution in [0.4, 0.5) is 14.7 Å². The third-order valence-electron chi connectivity index (χ3n) is 7.20. The maximum absolute atomic E-state index is 14.3. The molecule has 1 aromatic heterocycles. The van der Waals surface area contributed by atoms with Gasteiger partial charge in [0.2, 0.25) is 11.9 Å². The van der Waals surface area contributed by atoms with E-state index in [0.29, 0.717) is 24.4 Å². The Kier molecular flexibility index (Phi) is 7.63. The zero-order valence-electron chi connectivity index (χ0n) is 20.3. The molecule has 6 nitrogen and oxygen atoms in total. The van der Waals surface area contributed by atoms with Crippen LogP contribution in [0.3, 0.4) is 0 Å². The second kappa shape index (κ2) is 10.7. The van der Waals surface area contributed by atoms with E-state index in [2.05, 4.69) is 21.8 Å². The number of rotatable bonds is 9. The van der Waals surface area contributed by atoms with Gasteiger partial charge in [-0.25, -0.2) is 18.7 Å². The van der Waals surface area contributed by atoms with Gasteiger partial charge in [-0.2, -0.15) is 0 Å². The van der Waals surface area contributed by atoms with Crippen molar-refractivity contribution in [2.24, 2.45) is 17.8 Å². The minimum atomic E-state index is -0.741. The second-order valence-electron chi connectivity index (χ2n) is 9.70. The van der Waals surface area contributed by atoms with Crippen molar-refractivity contribution in [2.75, 3.05) is 38.7 Å². The topological polar surface area (TPSA) is 58.6 Å². The largest absolute Gasteiger partial charge is 0.493 e. The summed E-state index contributed by atoms with van der Waals surface area (Å²) in [7, 11) is 3.12. The minimum Gasteiger partial charge on any atom is -0.493 e. The molecule has 184 valence electrons. The number of hydrogen-bond donors (Lipinski definition) is 0. The van der Waals surface area contributed by atoms with Crippen LogP contribution < -0.4 is 9.64 Å². The number of likely N-dealkylation sites (N-methyl/N-ethyl adjacent to an activating group) is 1. The number of halogens is 2. The molecule has 0 bridgehead atoms. The number of hydrogen-bond acceptors (Lipinski definition) is 5. The van der Waals surface area contributed by atoms with E-state index in [9.17, 15) is 13.6 Å². The smallest absolute Gasteiger partial charge is 0.226 e. The lowest BCUT2D eigenvalue weighted by atomic mass is 9.90. The van der Waals surface area contributed by atoms with Gasteiger partial charge in [0.25, 0.3) is 0 Å². The quantitative estimate of drug-likeness (QED) is 0.546. The van der Waals surface area contributed by atoms with Crippen molar-refractivity contribution in [3.63, 3.8) is 0 Å². The summed E-state index contributed by atoms with van der Waals surface area (Å²) in [5.74, 6) is 1.21. The summed E-state index contributed by atoms with van der Waals surface area (Å²) in [6.07, 6.45) is 8.85. The van der Waals surface area contributed by atoms with Crippen LogP contribution in [0.15, 0.2) is 24.5 Å². The zero-order valence-corrected chi connectivity index (χ0v) is 20.3. The van der Waals surface area contributed by atoms with E-state index in [1.807, 2.05) is 12.4 Å². The van der Waals surface area contributed by atoms with Gasteiger partial charge in [-0.1, -0.05) is 6.92 Å². The van der Waals surface area contributed by atoms with Gasteiger partial charge in [-0.3, -0.25) is 4.79 Å². The Hall–Kier alpha value is -2.77. The normalized spacial score (nSPS) is 20.3. The highest BCUT2D eigenvalue weighted by Gasteiger charge is 2.43. The van der Waals surface area contributed by atoms with Gasteiger partial charge >= 0.3 is 0 Å². The molecule has 0 unspecified atom stereocenters. The molecule has 1 amide bonds. The molecule has 1 aliphatic carbocycles. The summed E-state index contributed by atoms with van der Waals surface area (Å²) >= 11 is 0. The van der Waals surface area contributed by atoms with Crippen LogP contribution in [0, 0.1) is 29.4 Å². The van der Waals surface area contributed by atoms with Crippen LogP contribution in [0.5, 0.6) is 5.75 Å². The highest BCUT2D eigenvalue weighted by molar-refractivity contribution is 5.78. The van der Waals surface area contributed by atoms with Crippen molar-refractivity contribution in [2.45, 2.75) is 45.4 Å². The maximum Gasteiger partial charge on any atom is 0.226 e. The van der Waals surface area contributed by atoms with Gasteiger partial charge in [-0.05, 0) is 55.4 Å². The van der Waals surface area contributed by atoms with Crippen LogP contribution in [0.2, 0.25) is 0 Å². The third kappa shape index (κ3) is 5.83. The first kappa shape index (κ1) is 24.4. The van der Waals surface area contributed by atoms with Gasteiger partial charge in [0.15, 0.2) is 0 Å². The summed E-state index contributed by atoms with van der Waals surface area (Å²) in [5, 5.41) is 0. The first-order chi connectivity index (χ1) is 16.4. The number of carbonyl (C=O) groups excluding carboxylic acids is 1. The van der Waals surface area contributed by atoms with Gasteiger partial charge < -0.3 is 14.5 Å². The molecule has 2 aromatic rings. The molecule has 1 saturated heterocycles. The average Bonchev–Trinajstić information content (AvgIpc) is 3.61. The van der Waals surface area contributed by atoms with E-state index in [0.717, 1.165) is 50.3 Å². The number of aromatic nitrogens is 2. The molecule has 1 saturated carbocycles. The summed E-state index contributed by atoms with van der Waals surface area (Å²) in [5.41, 5.74) is 0.939. The van der Waals surface area contributed by atoms with E-state index in [1.54, 1.807) is 14.1 Å². The molecule has 2 aliphatic rings. The summed E-state index contributed by atoms with van der Waals surface area (Å²) in [4.78, 5) is 24.4. The molecular formula is C26H34F2N4O2. The number of piperidine rings is 1. The van der Waals surface area contributed by atoms with Crippen LogP contribution in [-0.4, -0.2) is 54.6 Å². The number of aryl methyl sites for hydroxylation is 1. The van der Waals surface area contributed by atoms with E-state index in [1.165, 1.54) is 23.5 Å². The molecule has 0 radical (unpaired) electrons. The highest BCUT2D eigenvalue weighted by Crippen LogP contribution is 2.49. The predicted octanol–water partition coefficient (Wildman–Crippen LogP) is 4.27. The molecular weight excluding hydrogens is 438 g/mol. The van der Waals surface area contributed by atoms with Crippen molar-refractivity contribution >= 4 is 11.9 Å². The van der Waals surface area contributed by atoms with E-state index in [-0.39, 0.29) is 23.6 Å². The number of anilines is 1. The van der Waals surface area contributed by atoms with Gasteiger partial charge in [0, 0.05) is 57.3 Å². The lowest BCUT2D eigenvalue weighted by Crippen LogP contribution is -2.35. The lowest BCUT2D eigenvalue weighted by molar-refractivity contribution is -0.128. The molecule has 2 heterocycles. The highest BCUT2D eigenvalue weighted by atomic mass is 19.1. The summed E-state index contributed by atoms with van der Waals surface area (Å²) in [6, 6.07) is 2.35. The van der Waals surface area contributed by atoms with Crippen LogP contribution in [0.1, 0.15) is 43.7 Å². The molecule has 2 fully saturated rings. The zero-order chi connectivity index (χ0) is 24.2. The van der Waals surface area contributed by atoms with Crippen LogP contribution in [0.25, 0.3) is 0 Å². The van der Waals surface area contributed by atoms with E-state index >= 15 is 0 Å². The van der Waals surface area contributed by atoms with Crippen molar-refractivity contribution < 1.29 is 18.3 Å². The Morgan fingerprint density at radius 2 is 1.79 bits per heavy atom. The average molecular weight is 473 g/mol. The molecule has 8 heteroatoms. The monoisotopic (exact) mass is 472 g/mol. The lowest BCUT2D eigenvalue weighted by Gasteiger charge is -2.32. The van der Waals surface area contributed by atoms with E-state index in [4.69, 9.17) is 4.74 Å². The first-order valence-corrected chi connectivity index (χ1v) is 12.2. The molecule has 1 aliphatic heterocycles. The van der Waals surface area contributed by atoms with Gasteiger partial charge in [0.05, 0.1) is 13.0 Å². The summed E-state index contributed by atoms with van der Waals surface area (Å²) in [6.45, 7) is 4.50. The van der Waals surface area contributed by atoms with Crippen molar-refractivity contribution in [1.29, 1.82) is 0 Å². The number of amides is 1. The molecule has 4 rings (SSSR count). The van der Waals surface area contributed by atoms with Gasteiger partial charge in [-0.15, -0.1) is 0 Å².